The largest absolute Gasteiger partial charge is 0.478 e. The van der Waals surface area contributed by atoms with E-state index in [1.165, 1.54) is 73.7 Å². The Bertz CT molecular complexity index is 1290. The van der Waals surface area contributed by atoms with Crippen LogP contribution in [-0.2, 0) is 0 Å². The Balaban J connectivity index is 1.57. The molecule has 0 radical (unpaired) electrons. The van der Waals surface area contributed by atoms with Gasteiger partial charge in [-0.3, -0.25) is 14.4 Å². The number of ketones is 1. The molecule has 4 rings (SSSR count). The van der Waals surface area contributed by atoms with E-state index in [2.05, 4.69) is 0 Å². The molecule has 8 heteroatoms. The van der Waals surface area contributed by atoms with E-state index in [-0.39, 0.29) is 33.8 Å². The zero-order chi connectivity index (χ0) is 23.0. The number of carboxylic acids is 1. The van der Waals surface area contributed by atoms with Crippen LogP contribution < -0.4 is 9.64 Å². The molecule has 0 fully saturated rings. The molecule has 0 aliphatic carbocycles. The average molecular weight is 429 g/mol. The molecule has 0 atom stereocenters. The van der Waals surface area contributed by atoms with Gasteiger partial charge in [-0.2, -0.15) is 0 Å². The highest BCUT2D eigenvalue weighted by atomic mass is 16.5. The van der Waals surface area contributed by atoms with Crippen molar-refractivity contribution in [2.75, 3.05) is 4.90 Å². The molecule has 3 aromatic carbocycles. The molecule has 3 aromatic rings. The highest BCUT2D eigenvalue weighted by Crippen LogP contribution is 2.29. The molecule has 0 spiro atoms. The van der Waals surface area contributed by atoms with E-state index in [0.29, 0.717) is 11.3 Å². The minimum absolute atomic E-state index is 0.0443. The number of carboxylic acid groups (broad SMARTS) is 1. The Morgan fingerprint density at radius 3 is 1.91 bits per heavy atom. The molecule has 0 saturated carbocycles. The Morgan fingerprint density at radius 1 is 0.750 bits per heavy atom. The Morgan fingerprint density at radius 2 is 1.31 bits per heavy atom. The van der Waals surface area contributed by atoms with E-state index in [9.17, 15) is 24.0 Å². The maximum Gasteiger partial charge on any atom is 0.343 e. The summed E-state index contributed by atoms with van der Waals surface area (Å²) in [4.78, 5) is 61.5. The topological polar surface area (TPSA) is 118 Å². The van der Waals surface area contributed by atoms with Crippen molar-refractivity contribution in [3.05, 3.63) is 94.5 Å². The molecule has 32 heavy (non-hydrogen) atoms. The van der Waals surface area contributed by atoms with Crippen molar-refractivity contribution in [1.29, 1.82) is 0 Å². The smallest absolute Gasteiger partial charge is 0.343 e. The summed E-state index contributed by atoms with van der Waals surface area (Å²) in [5, 5.41) is 8.93. The summed E-state index contributed by atoms with van der Waals surface area (Å²) in [6.07, 6.45) is 0. The molecule has 2 amide bonds. The number of aromatic carboxylic acids is 1. The van der Waals surface area contributed by atoms with Gasteiger partial charge < -0.3 is 9.84 Å². The van der Waals surface area contributed by atoms with Crippen molar-refractivity contribution in [3.8, 4) is 5.75 Å². The molecule has 0 saturated heterocycles. The average Bonchev–Trinajstić information content (AvgIpc) is 3.03. The van der Waals surface area contributed by atoms with Gasteiger partial charge in [0.05, 0.1) is 27.9 Å². The number of amides is 2. The predicted molar refractivity (Wildman–Crippen MR) is 112 cm³/mol. The van der Waals surface area contributed by atoms with Gasteiger partial charge in [-0.15, -0.1) is 0 Å². The van der Waals surface area contributed by atoms with Gasteiger partial charge >= 0.3 is 11.9 Å². The highest BCUT2D eigenvalue weighted by Gasteiger charge is 2.37. The Hall–Kier alpha value is -4.59. The van der Waals surface area contributed by atoms with Gasteiger partial charge in [-0.25, -0.2) is 14.5 Å². The number of nitrogens with zero attached hydrogens (tertiary/aromatic N) is 1. The second kappa shape index (κ2) is 7.92. The van der Waals surface area contributed by atoms with Gasteiger partial charge in [0.15, 0.2) is 5.78 Å². The van der Waals surface area contributed by atoms with Gasteiger partial charge in [0.1, 0.15) is 5.75 Å². The van der Waals surface area contributed by atoms with Crippen LogP contribution >= 0.6 is 0 Å². The van der Waals surface area contributed by atoms with E-state index < -0.39 is 23.8 Å². The Labute approximate surface area is 181 Å². The van der Waals surface area contributed by atoms with Crippen LogP contribution in [0.3, 0.4) is 0 Å². The summed E-state index contributed by atoms with van der Waals surface area (Å²) in [6.45, 7) is 1.41. The summed E-state index contributed by atoms with van der Waals surface area (Å²) >= 11 is 0. The number of imide groups is 1. The monoisotopic (exact) mass is 429 g/mol. The molecule has 1 aliphatic rings. The van der Waals surface area contributed by atoms with Crippen LogP contribution in [0.1, 0.15) is 58.7 Å². The number of anilines is 1. The maximum atomic E-state index is 12.9. The van der Waals surface area contributed by atoms with Crippen LogP contribution in [0.2, 0.25) is 0 Å². The molecule has 8 nitrogen and oxygen atoms in total. The van der Waals surface area contributed by atoms with Crippen molar-refractivity contribution in [2.24, 2.45) is 0 Å². The van der Waals surface area contributed by atoms with E-state index in [1.54, 1.807) is 0 Å². The van der Waals surface area contributed by atoms with Crippen LogP contribution in [0.5, 0.6) is 5.75 Å². The van der Waals surface area contributed by atoms with Crippen LogP contribution in [0.4, 0.5) is 5.69 Å². The number of Topliss-reactive ketones (excluding diaryl/α,β-unsaturated/α-hetero) is 1. The summed E-state index contributed by atoms with van der Waals surface area (Å²) in [7, 11) is 0. The van der Waals surface area contributed by atoms with Crippen molar-refractivity contribution >= 4 is 35.2 Å². The number of carbonyl (C=O) groups is 5. The van der Waals surface area contributed by atoms with Crippen molar-refractivity contribution in [1.82, 2.24) is 0 Å². The molecule has 0 aromatic heterocycles. The SMILES string of the molecule is CC(=O)c1ccc(N2C(=O)c3ccc(C(=O)Oc4ccc(C(=O)O)cc4)cc3C2=O)cc1. The molecule has 1 aliphatic heterocycles. The standard InChI is InChI=1S/C24H15NO7/c1-13(26)14-2-7-17(8-3-14)25-21(27)19-11-6-16(12-20(19)22(25)28)24(31)32-18-9-4-15(5-10-18)23(29)30/h2-12H,1H3,(H,29,30). The fourth-order valence-corrected chi connectivity index (χ4v) is 3.28. The fraction of sp³-hybridized carbons (Fsp3) is 0.0417. The van der Waals surface area contributed by atoms with E-state index >= 15 is 0 Å². The number of esters is 1. The lowest BCUT2D eigenvalue weighted by Gasteiger charge is -2.13. The normalized spacial score (nSPS) is 12.5. The van der Waals surface area contributed by atoms with E-state index in [4.69, 9.17) is 9.84 Å². The van der Waals surface area contributed by atoms with Gasteiger partial charge in [0.2, 0.25) is 0 Å². The third kappa shape index (κ3) is 3.65. The summed E-state index contributed by atoms with van der Waals surface area (Å²) in [6, 6.07) is 15.4. The molecule has 1 heterocycles. The van der Waals surface area contributed by atoms with E-state index in [1.807, 2.05) is 0 Å². The number of hydrogen-bond donors (Lipinski definition) is 1. The zero-order valence-electron chi connectivity index (χ0n) is 16.7. The third-order valence-electron chi connectivity index (χ3n) is 4.97. The third-order valence-corrected chi connectivity index (χ3v) is 4.97. The summed E-state index contributed by atoms with van der Waals surface area (Å²) in [5.74, 6) is -3.01. The van der Waals surface area contributed by atoms with Crippen LogP contribution in [0.15, 0.2) is 66.7 Å². The quantitative estimate of drug-likeness (QED) is 0.285. The first-order chi connectivity index (χ1) is 15.3. The molecule has 1 N–H and O–H groups in total. The number of fused-ring (bicyclic) bond motifs is 1. The van der Waals surface area contributed by atoms with Crippen molar-refractivity contribution in [2.45, 2.75) is 6.92 Å². The first-order valence-electron chi connectivity index (χ1n) is 9.45. The number of carbonyl (C=O) groups excluding carboxylic acids is 4. The predicted octanol–water partition coefficient (Wildman–Crippen LogP) is 3.61. The van der Waals surface area contributed by atoms with Crippen molar-refractivity contribution < 1.29 is 33.8 Å². The van der Waals surface area contributed by atoms with Crippen molar-refractivity contribution in [3.63, 3.8) is 0 Å². The highest BCUT2D eigenvalue weighted by molar-refractivity contribution is 6.34. The lowest BCUT2D eigenvalue weighted by molar-refractivity contribution is 0.0695. The van der Waals surface area contributed by atoms with Gasteiger partial charge in [-0.05, 0) is 73.7 Å². The summed E-state index contributed by atoms with van der Waals surface area (Å²) in [5.41, 5.74) is 1.06. The maximum absolute atomic E-state index is 12.9. The van der Waals surface area contributed by atoms with Crippen LogP contribution in [0.25, 0.3) is 0 Å². The lowest BCUT2D eigenvalue weighted by atomic mass is 10.1. The zero-order valence-corrected chi connectivity index (χ0v) is 16.7. The molecule has 0 unspecified atom stereocenters. The minimum Gasteiger partial charge on any atom is -0.478 e. The fourth-order valence-electron chi connectivity index (χ4n) is 3.28. The van der Waals surface area contributed by atoms with Gasteiger partial charge in [0, 0.05) is 5.56 Å². The van der Waals surface area contributed by atoms with Gasteiger partial charge in [-0.1, -0.05) is 0 Å². The molecule has 0 bridgehead atoms. The second-order valence-electron chi connectivity index (χ2n) is 7.03. The number of benzene rings is 3. The molecule has 158 valence electrons. The Kier molecular flexibility index (Phi) is 5.11. The minimum atomic E-state index is -1.11. The number of hydrogen-bond acceptors (Lipinski definition) is 6. The number of ether oxygens (including phenoxy) is 1. The van der Waals surface area contributed by atoms with Crippen LogP contribution in [0, 0.1) is 0 Å². The van der Waals surface area contributed by atoms with Gasteiger partial charge in [0.25, 0.3) is 11.8 Å². The first kappa shape index (κ1) is 20.7. The van der Waals surface area contributed by atoms with E-state index in [0.717, 1.165) is 4.90 Å². The second-order valence-corrected chi connectivity index (χ2v) is 7.03. The summed E-state index contributed by atoms with van der Waals surface area (Å²) < 4.78 is 5.23. The molecular formula is C24H15NO7. The van der Waals surface area contributed by atoms with Crippen LogP contribution in [-0.4, -0.2) is 34.6 Å². The first-order valence-corrected chi connectivity index (χ1v) is 9.45. The molecular weight excluding hydrogens is 414 g/mol. The number of rotatable bonds is 5. The lowest BCUT2D eigenvalue weighted by Crippen LogP contribution is -2.29.